The van der Waals surface area contributed by atoms with Gasteiger partial charge in [-0.1, -0.05) is 30.3 Å². The number of benzene rings is 1. The number of carbonyl (C=O) groups is 3. The number of hydrogen-bond donors (Lipinski definition) is 2. The zero-order chi connectivity index (χ0) is 20.4. The Labute approximate surface area is 159 Å². The zero-order valence-corrected chi connectivity index (χ0v) is 16.4. The summed E-state index contributed by atoms with van der Waals surface area (Å²) in [6, 6.07) is 6.58. The minimum absolute atomic E-state index is 0.0643. The van der Waals surface area contributed by atoms with Crippen LogP contribution >= 0.6 is 0 Å². The lowest BCUT2D eigenvalue weighted by Crippen LogP contribution is -2.54. The lowest BCUT2D eigenvalue weighted by atomic mass is 10.1. The molecule has 0 aliphatic heterocycles. The molecular weight excluding hydrogens is 352 g/mol. The molecule has 0 saturated carbocycles. The monoisotopic (exact) mass is 380 g/mol. The highest BCUT2D eigenvalue weighted by atomic mass is 16.5. The van der Waals surface area contributed by atoms with Gasteiger partial charge in [0.2, 0.25) is 0 Å². The van der Waals surface area contributed by atoms with E-state index in [4.69, 9.17) is 14.2 Å². The van der Waals surface area contributed by atoms with Crippen LogP contribution in [-0.2, 0) is 30.2 Å². The van der Waals surface area contributed by atoms with Crippen molar-refractivity contribution in [1.82, 2.24) is 10.6 Å². The molecule has 0 spiro atoms. The molecule has 0 bridgehead atoms. The number of rotatable bonds is 8. The second kappa shape index (κ2) is 10.5. The van der Waals surface area contributed by atoms with Crippen molar-refractivity contribution in [1.29, 1.82) is 0 Å². The second-order valence-corrected chi connectivity index (χ2v) is 6.88. The second-order valence-electron chi connectivity index (χ2n) is 6.88. The Bertz CT molecular complexity index is 627. The van der Waals surface area contributed by atoms with E-state index in [1.54, 1.807) is 0 Å². The molecule has 0 aliphatic rings. The van der Waals surface area contributed by atoms with Crippen LogP contribution in [-0.4, -0.2) is 56.5 Å². The van der Waals surface area contributed by atoms with Gasteiger partial charge in [-0.3, -0.25) is 0 Å². The SMILES string of the molecule is COC(=O)[C@H](COC(C)(C)C)NC(=O)N[C@@H](Cc1ccccc1)C(=O)OC. The summed E-state index contributed by atoms with van der Waals surface area (Å²) in [5.41, 5.74) is 0.362. The minimum Gasteiger partial charge on any atom is -0.467 e. The molecule has 0 saturated heterocycles. The highest BCUT2D eigenvalue weighted by Gasteiger charge is 2.27. The maximum Gasteiger partial charge on any atom is 0.330 e. The van der Waals surface area contributed by atoms with Crippen LogP contribution in [0.3, 0.4) is 0 Å². The van der Waals surface area contributed by atoms with E-state index in [-0.39, 0.29) is 13.0 Å². The molecule has 2 amide bonds. The van der Waals surface area contributed by atoms with Crippen LogP contribution in [0.2, 0.25) is 0 Å². The number of amides is 2. The lowest BCUT2D eigenvalue weighted by molar-refractivity contribution is -0.146. The topological polar surface area (TPSA) is 103 Å². The normalized spacial score (nSPS) is 13.2. The maximum atomic E-state index is 12.3. The predicted molar refractivity (Wildman–Crippen MR) is 99.1 cm³/mol. The molecule has 0 fully saturated rings. The first kappa shape index (κ1) is 22.4. The smallest absolute Gasteiger partial charge is 0.330 e. The van der Waals surface area contributed by atoms with Crippen LogP contribution in [0.1, 0.15) is 26.3 Å². The number of hydrogen-bond acceptors (Lipinski definition) is 6. The minimum atomic E-state index is -1.01. The molecule has 0 aromatic heterocycles. The number of urea groups is 1. The third-order valence-corrected chi connectivity index (χ3v) is 3.55. The molecular formula is C19H28N2O6. The van der Waals surface area contributed by atoms with Gasteiger partial charge in [-0.05, 0) is 26.3 Å². The number of nitrogens with one attached hydrogen (secondary N) is 2. The molecule has 1 aromatic carbocycles. The molecule has 1 rings (SSSR count). The summed E-state index contributed by atoms with van der Waals surface area (Å²) in [7, 11) is 2.47. The van der Waals surface area contributed by atoms with Crippen LogP contribution < -0.4 is 10.6 Å². The van der Waals surface area contributed by atoms with E-state index in [1.807, 2.05) is 51.1 Å². The van der Waals surface area contributed by atoms with Gasteiger partial charge in [0, 0.05) is 6.42 Å². The third-order valence-electron chi connectivity index (χ3n) is 3.55. The third kappa shape index (κ3) is 8.54. The molecule has 0 unspecified atom stereocenters. The van der Waals surface area contributed by atoms with Crippen molar-refractivity contribution in [2.45, 2.75) is 44.9 Å². The summed E-state index contributed by atoms with van der Waals surface area (Å²) >= 11 is 0. The van der Waals surface area contributed by atoms with Crippen molar-refractivity contribution in [3.05, 3.63) is 35.9 Å². The summed E-state index contributed by atoms with van der Waals surface area (Å²) < 4.78 is 15.0. The molecule has 0 aliphatic carbocycles. The molecule has 1 aromatic rings. The van der Waals surface area contributed by atoms with E-state index in [1.165, 1.54) is 14.2 Å². The van der Waals surface area contributed by atoms with Gasteiger partial charge in [-0.2, -0.15) is 0 Å². The van der Waals surface area contributed by atoms with Gasteiger partial charge in [0.25, 0.3) is 0 Å². The first-order valence-corrected chi connectivity index (χ1v) is 8.57. The molecule has 27 heavy (non-hydrogen) atoms. The first-order chi connectivity index (χ1) is 12.7. The van der Waals surface area contributed by atoms with Gasteiger partial charge < -0.3 is 24.8 Å². The Morgan fingerprint density at radius 1 is 0.926 bits per heavy atom. The summed E-state index contributed by atoms with van der Waals surface area (Å²) in [4.78, 5) is 36.2. The van der Waals surface area contributed by atoms with E-state index < -0.39 is 35.7 Å². The highest BCUT2D eigenvalue weighted by molar-refractivity contribution is 5.87. The number of methoxy groups -OCH3 is 2. The van der Waals surface area contributed by atoms with Crippen molar-refractivity contribution in [2.75, 3.05) is 20.8 Å². The molecule has 0 heterocycles. The van der Waals surface area contributed by atoms with Crippen LogP contribution in [0.5, 0.6) is 0 Å². The molecule has 2 atom stereocenters. The average Bonchev–Trinajstić information content (AvgIpc) is 2.63. The Morgan fingerprint density at radius 2 is 1.44 bits per heavy atom. The number of esters is 2. The Balaban J connectivity index is 2.76. The van der Waals surface area contributed by atoms with Gasteiger partial charge in [0.05, 0.1) is 26.4 Å². The summed E-state index contributed by atoms with van der Waals surface area (Å²) in [5, 5.41) is 5.01. The molecule has 2 N–H and O–H groups in total. The van der Waals surface area contributed by atoms with Crippen molar-refractivity contribution in [3.63, 3.8) is 0 Å². The van der Waals surface area contributed by atoms with E-state index in [0.717, 1.165) is 5.56 Å². The van der Waals surface area contributed by atoms with Gasteiger partial charge in [-0.25, -0.2) is 14.4 Å². The largest absolute Gasteiger partial charge is 0.467 e. The zero-order valence-electron chi connectivity index (χ0n) is 16.4. The Morgan fingerprint density at radius 3 is 1.96 bits per heavy atom. The van der Waals surface area contributed by atoms with Gasteiger partial charge in [0.15, 0.2) is 6.04 Å². The summed E-state index contributed by atoms with van der Waals surface area (Å²) in [6.07, 6.45) is 0.252. The predicted octanol–water partition coefficient (Wildman–Crippen LogP) is 1.43. The standard InChI is InChI=1S/C19H28N2O6/c1-19(2,3)27-12-15(17(23)26-5)21-18(24)20-14(16(22)25-4)11-13-9-7-6-8-10-13/h6-10,14-15H,11-12H2,1-5H3,(H2,20,21,24)/t14-,15-/m0/s1. The average molecular weight is 380 g/mol. The Kier molecular flexibility index (Phi) is 8.74. The van der Waals surface area contributed by atoms with Crippen molar-refractivity contribution in [2.24, 2.45) is 0 Å². The van der Waals surface area contributed by atoms with Crippen LogP contribution in [0.15, 0.2) is 30.3 Å². The fourth-order valence-corrected chi connectivity index (χ4v) is 2.19. The summed E-state index contributed by atoms with van der Waals surface area (Å²) in [6.45, 7) is 5.42. The van der Waals surface area contributed by atoms with E-state index in [2.05, 4.69) is 10.6 Å². The van der Waals surface area contributed by atoms with E-state index >= 15 is 0 Å². The van der Waals surface area contributed by atoms with Gasteiger partial charge >= 0.3 is 18.0 Å². The highest BCUT2D eigenvalue weighted by Crippen LogP contribution is 2.08. The summed E-state index contributed by atoms with van der Waals surface area (Å²) in [5.74, 6) is -1.23. The fourth-order valence-electron chi connectivity index (χ4n) is 2.19. The van der Waals surface area contributed by atoms with Crippen molar-refractivity contribution >= 4 is 18.0 Å². The molecule has 8 nitrogen and oxygen atoms in total. The van der Waals surface area contributed by atoms with Crippen molar-refractivity contribution in [3.8, 4) is 0 Å². The van der Waals surface area contributed by atoms with E-state index in [9.17, 15) is 14.4 Å². The Hall–Kier alpha value is -2.61. The first-order valence-electron chi connectivity index (χ1n) is 8.57. The molecule has 150 valence electrons. The number of carbonyl (C=O) groups excluding carboxylic acids is 3. The van der Waals surface area contributed by atoms with Crippen LogP contribution in [0.25, 0.3) is 0 Å². The maximum absolute atomic E-state index is 12.3. The van der Waals surface area contributed by atoms with Crippen molar-refractivity contribution < 1.29 is 28.6 Å². The molecule has 8 heteroatoms. The number of ether oxygens (including phenoxy) is 3. The quantitative estimate of drug-likeness (QED) is 0.662. The van der Waals surface area contributed by atoms with E-state index in [0.29, 0.717) is 0 Å². The van der Waals surface area contributed by atoms with Crippen LogP contribution in [0, 0.1) is 0 Å². The van der Waals surface area contributed by atoms with Gasteiger partial charge in [0.1, 0.15) is 6.04 Å². The van der Waals surface area contributed by atoms with Gasteiger partial charge in [-0.15, -0.1) is 0 Å². The molecule has 0 radical (unpaired) electrons. The van der Waals surface area contributed by atoms with Crippen LogP contribution in [0.4, 0.5) is 4.79 Å². The fraction of sp³-hybridized carbons (Fsp3) is 0.526. The lowest BCUT2D eigenvalue weighted by Gasteiger charge is -2.24.